The van der Waals surface area contributed by atoms with Gasteiger partial charge in [-0.2, -0.15) is 5.10 Å². The fourth-order valence-electron chi connectivity index (χ4n) is 3.03. The zero-order chi connectivity index (χ0) is 24.0. The Bertz CT molecular complexity index is 1230. The molecule has 7 nitrogen and oxygen atoms in total. The van der Waals surface area contributed by atoms with Crippen LogP contribution in [0.4, 0.5) is 5.69 Å². The Labute approximate surface area is 192 Å². The first-order chi connectivity index (χ1) is 15.7. The normalized spacial score (nSPS) is 11.0. The van der Waals surface area contributed by atoms with Crippen LogP contribution >= 0.6 is 0 Å². The van der Waals surface area contributed by atoms with Crippen LogP contribution in [0, 0.1) is 20.8 Å². The molecular weight excluding hydrogens is 418 g/mol. The number of carbonyl (C=O) groups excluding carboxylic acids is 3. The van der Waals surface area contributed by atoms with Gasteiger partial charge in [0, 0.05) is 5.69 Å². The van der Waals surface area contributed by atoms with Crippen LogP contribution in [-0.2, 0) is 9.59 Å². The van der Waals surface area contributed by atoms with Gasteiger partial charge in [-0.05, 0) is 86.3 Å². The van der Waals surface area contributed by atoms with E-state index in [9.17, 15) is 14.4 Å². The number of rotatable bonds is 5. The van der Waals surface area contributed by atoms with Gasteiger partial charge < -0.3 is 10.1 Å². The van der Waals surface area contributed by atoms with E-state index in [2.05, 4.69) is 15.8 Å². The second-order valence-corrected chi connectivity index (χ2v) is 7.64. The van der Waals surface area contributed by atoms with Crippen LogP contribution in [0.5, 0.6) is 5.75 Å². The number of ether oxygens (including phenoxy) is 1. The zero-order valence-electron chi connectivity index (χ0n) is 18.9. The fourth-order valence-corrected chi connectivity index (χ4v) is 3.03. The Morgan fingerprint density at radius 3 is 2.21 bits per heavy atom. The van der Waals surface area contributed by atoms with E-state index in [0.29, 0.717) is 28.3 Å². The van der Waals surface area contributed by atoms with Crippen molar-refractivity contribution in [2.75, 3.05) is 5.32 Å². The Kier molecular flexibility index (Phi) is 7.35. The Hall–Kier alpha value is -4.26. The molecule has 3 rings (SSSR count). The lowest BCUT2D eigenvalue weighted by Gasteiger charge is -2.09. The molecule has 7 heteroatoms. The van der Waals surface area contributed by atoms with Crippen molar-refractivity contribution in [2.45, 2.75) is 27.7 Å². The minimum atomic E-state index is -0.876. The summed E-state index contributed by atoms with van der Waals surface area (Å²) in [5.74, 6) is -1.73. The molecule has 0 spiro atoms. The summed E-state index contributed by atoms with van der Waals surface area (Å²) >= 11 is 0. The maximum Gasteiger partial charge on any atom is 0.343 e. The molecule has 0 fully saturated rings. The molecule has 0 saturated carbocycles. The standard InChI is InChI=1S/C26H25N3O4/c1-16-9-10-18(3)23(15-16)27-24(30)25(31)29-28-19(4)20-11-13-21(14-12-20)33-26(32)22-8-6-5-7-17(22)2/h5-15H,1-4H3,(H,27,30)(H,29,31)/b28-19+. The lowest BCUT2D eigenvalue weighted by molar-refractivity contribution is -0.136. The number of carbonyl (C=O) groups is 3. The Morgan fingerprint density at radius 2 is 1.52 bits per heavy atom. The van der Waals surface area contributed by atoms with Gasteiger partial charge in [0.05, 0.1) is 11.3 Å². The third kappa shape index (κ3) is 6.13. The summed E-state index contributed by atoms with van der Waals surface area (Å²) < 4.78 is 5.42. The molecule has 0 atom stereocenters. The molecular formula is C26H25N3O4. The highest BCUT2D eigenvalue weighted by molar-refractivity contribution is 6.39. The van der Waals surface area contributed by atoms with Crippen molar-refractivity contribution in [3.8, 4) is 5.75 Å². The van der Waals surface area contributed by atoms with Crippen molar-refractivity contribution >= 4 is 29.2 Å². The van der Waals surface area contributed by atoms with Gasteiger partial charge in [-0.25, -0.2) is 10.2 Å². The first-order valence-corrected chi connectivity index (χ1v) is 10.4. The van der Waals surface area contributed by atoms with Crippen LogP contribution in [0.25, 0.3) is 0 Å². The van der Waals surface area contributed by atoms with Gasteiger partial charge in [0.2, 0.25) is 0 Å². The number of benzene rings is 3. The van der Waals surface area contributed by atoms with Crippen molar-refractivity contribution in [3.63, 3.8) is 0 Å². The number of hydrogen-bond donors (Lipinski definition) is 2. The molecule has 3 aromatic carbocycles. The molecule has 3 aromatic rings. The minimum absolute atomic E-state index is 0.386. The van der Waals surface area contributed by atoms with Crippen molar-refractivity contribution < 1.29 is 19.1 Å². The molecule has 0 bridgehead atoms. The largest absolute Gasteiger partial charge is 0.423 e. The van der Waals surface area contributed by atoms with E-state index < -0.39 is 17.8 Å². The topological polar surface area (TPSA) is 96.9 Å². The molecule has 2 amide bonds. The summed E-state index contributed by atoms with van der Waals surface area (Å²) in [4.78, 5) is 36.6. The summed E-state index contributed by atoms with van der Waals surface area (Å²) in [6.45, 7) is 7.28. The average molecular weight is 444 g/mol. The van der Waals surface area contributed by atoms with Gasteiger partial charge in [-0.3, -0.25) is 9.59 Å². The molecule has 0 saturated heterocycles. The minimum Gasteiger partial charge on any atom is -0.423 e. The number of esters is 1. The predicted molar refractivity (Wildman–Crippen MR) is 127 cm³/mol. The maximum absolute atomic E-state index is 12.3. The second kappa shape index (κ2) is 10.4. The fraction of sp³-hybridized carbons (Fsp3) is 0.154. The van der Waals surface area contributed by atoms with E-state index in [4.69, 9.17) is 4.74 Å². The van der Waals surface area contributed by atoms with Crippen LogP contribution in [0.1, 0.15) is 39.5 Å². The van der Waals surface area contributed by atoms with Crippen molar-refractivity contribution in [1.82, 2.24) is 5.43 Å². The molecule has 2 N–H and O–H groups in total. The number of nitrogens with zero attached hydrogens (tertiary/aromatic N) is 1. The third-order valence-corrected chi connectivity index (χ3v) is 5.02. The molecule has 0 aliphatic heterocycles. The number of amides is 2. The highest BCUT2D eigenvalue weighted by Gasteiger charge is 2.15. The maximum atomic E-state index is 12.3. The lowest BCUT2D eigenvalue weighted by atomic mass is 10.1. The zero-order valence-corrected chi connectivity index (χ0v) is 18.9. The summed E-state index contributed by atoms with van der Waals surface area (Å²) in [6.07, 6.45) is 0. The van der Waals surface area contributed by atoms with Crippen molar-refractivity contribution in [1.29, 1.82) is 0 Å². The van der Waals surface area contributed by atoms with Gasteiger partial charge in [-0.15, -0.1) is 0 Å². The van der Waals surface area contributed by atoms with E-state index in [1.807, 2.05) is 45.0 Å². The van der Waals surface area contributed by atoms with Crippen LogP contribution in [-0.4, -0.2) is 23.5 Å². The van der Waals surface area contributed by atoms with E-state index in [0.717, 1.165) is 16.7 Å². The smallest absolute Gasteiger partial charge is 0.343 e. The lowest BCUT2D eigenvalue weighted by Crippen LogP contribution is -2.33. The number of aryl methyl sites for hydroxylation is 3. The van der Waals surface area contributed by atoms with Crippen molar-refractivity contribution in [2.24, 2.45) is 5.10 Å². The van der Waals surface area contributed by atoms with Crippen molar-refractivity contribution in [3.05, 3.63) is 94.5 Å². The van der Waals surface area contributed by atoms with Gasteiger partial charge >= 0.3 is 17.8 Å². The molecule has 0 heterocycles. The van der Waals surface area contributed by atoms with Gasteiger partial charge in [-0.1, -0.05) is 30.3 Å². The van der Waals surface area contributed by atoms with E-state index in [1.54, 1.807) is 49.4 Å². The summed E-state index contributed by atoms with van der Waals surface area (Å²) in [5.41, 5.74) is 7.17. The highest BCUT2D eigenvalue weighted by atomic mass is 16.5. The molecule has 168 valence electrons. The SMILES string of the molecule is C/C(=N\NC(=O)C(=O)Nc1cc(C)ccc1C)c1ccc(OC(=O)c2ccccc2C)cc1. The Balaban J connectivity index is 1.59. The van der Waals surface area contributed by atoms with Crippen LogP contribution in [0.2, 0.25) is 0 Å². The van der Waals surface area contributed by atoms with E-state index in [-0.39, 0.29) is 0 Å². The average Bonchev–Trinajstić information content (AvgIpc) is 2.80. The van der Waals surface area contributed by atoms with Crippen LogP contribution < -0.4 is 15.5 Å². The van der Waals surface area contributed by atoms with E-state index in [1.165, 1.54) is 0 Å². The highest BCUT2D eigenvalue weighted by Crippen LogP contribution is 2.17. The predicted octanol–water partition coefficient (Wildman–Crippen LogP) is 4.31. The number of hydrazone groups is 1. The number of hydrogen-bond acceptors (Lipinski definition) is 5. The molecule has 0 aromatic heterocycles. The quantitative estimate of drug-likeness (QED) is 0.202. The van der Waals surface area contributed by atoms with Gasteiger partial charge in [0.1, 0.15) is 5.75 Å². The number of nitrogens with one attached hydrogen (secondary N) is 2. The summed E-state index contributed by atoms with van der Waals surface area (Å²) in [5, 5.41) is 6.58. The van der Waals surface area contributed by atoms with Crippen LogP contribution in [0.3, 0.4) is 0 Å². The molecule has 0 radical (unpaired) electrons. The molecule has 0 unspecified atom stereocenters. The molecule has 0 aliphatic rings. The molecule has 33 heavy (non-hydrogen) atoms. The third-order valence-electron chi connectivity index (χ3n) is 5.02. The van der Waals surface area contributed by atoms with Gasteiger partial charge in [0.15, 0.2) is 0 Å². The summed E-state index contributed by atoms with van der Waals surface area (Å²) in [6, 6.07) is 19.5. The first-order valence-electron chi connectivity index (χ1n) is 10.4. The van der Waals surface area contributed by atoms with Crippen LogP contribution in [0.15, 0.2) is 71.8 Å². The number of anilines is 1. The van der Waals surface area contributed by atoms with E-state index >= 15 is 0 Å². The second-order valence-electron chi connectivity index (χ2n) is 7.64. The van der Waals surface area contributed by atoms with Gasteiger partial charge in [0.25, 0.3) is 0 Å². The molecule has 0 aliphatic carbocycles. The Morgan fingerprint density at radius 1 is 0.818 bits per heavy atom. The first kappa shape index (κ1) is 23.4. The summed E-state index contributed by atoms with van der Waals surface area (Å²) in [7, 11) is 0. The monoisotopic (exact) mass is 443 g/mol.